The van der Waals surface area contributed by atoms with Crippen LogP contribution in [0.2, 0.25) is 0 Å². The Bertz CT molecular complexity index is 353. The molecule has 0 aromatic heterocycles. The number of rotatable bonds is 7. The molecule has 0 aliphatic heterocycles. The average molecular weight is 232 g/mol. The van der Waals surface area contributed by atoms with E-state index < -0.39 is 0 Å². The summed E-state index contributed by atoms with van der Waals surface area (Å²) >= 11 is 0. The van der Waals surface area contributed by atoms with Gasteiger partial charge in [0.05, 0.1) is 18.2 Å². The zero-order valence-corrected chi connectivity index (χ0v) is 10.4. The van der Waals surface area contributed by atoms with Crippen LogP contribution < -0.4 is 0 Å². The molecule has 0 amide bonds. The number of nitrogens with zero attached hydrogens (tertiary/aromatic N) is 2. The lowest BCUT2D eigenvalue weighted by Gasteiger charge is -2.21. The van der Waals surface area contributed by atoms with Gasteiger partial charge in [-0.25, -0.2) is 0 Å². The summed E-state index contributed by atoms with van der Waals surface area (Å²) in [5.41, 5.74) is 1.88. The van der Waals surface area contributed by atoms with Gasteiger partial charge in [-0.2, -0.15) is 5.26 Å². The van der Waals surface area contributed by atoms with Gasteiger partial charge in [-0.1, -0.05) is 25.5 Å². The molecule has 3 nitrogen and oxygen atoms in total. The van der Waals surface area contributed by atoms with Gasteiger partial charge in [-0.05, 0) is 30.7 Å². The molecule has 0 unspecified atom stereocenters. The maximum Gasteiger partial charge on any atom is 0.0991 e. The standard InChI is InChI=1S/C14H20N2O/c1-2-3-8-16(9-10-17)12-14-6-4-13(11-15)5-7-14/h4-7,17H,2-3,8-10,12H2,1H3. The first-order chi connectivity index (χ1) is 8.30. The molecule has 0 aliphatic rings. The highest BCUT2D eigenvalue weighted by Gasteiger charge is 2.04. The van der Waals surface area contributed by atoms with Gasteiger partial charge in [0, 0.05) is 13.1 Å². The lowest BCUT2D eigenvalue weighted by molar-refractivity contribution is 0.188. The van der Waals surface area contributed by atoms with E-state index in [0.717, 1.165) is 25.9 Å². The summed E-state index contributed by atoms with van der Waals surface area (Å²) in [5.74, 6) is 0. The van der Waals surface area contributed by atoms with E-state index in [1.54, 1.807) is 0 Å². The molecule has 0 aliphatic carbocycles. The van der Waals surface area contributed by atoms with E-state index in [1.807, 2.05) is 24.3 Å². The topological polar surface area (TPSA) is 47.3 Å². The summed E-state index contributed by atoms with van der Waals surface area (Å²) in [6.07, 6.45) is 2.31. The van der Waals surface area contributed by atoms with Crippen molar-refractivity contribution in [3.05, 3.63) is 35.4 Å². The zero-order chi connectivity index (χ0) is 12.5. The van der Waals surface area contributed by atoms with Gasteiger partial charge in [0.25, 0.3) is 0 Å². The number of hydrogen-bond donors (Lipinski definition) is 1. The van der Waals surface area contributed by atoms with Crippen molar-refractivity contribution < 1.29 is 5.11 Å². The number of nitriles is 1. The van der Waals surface area contributed by atoms with E-state index in [-0.39, 0.29) is 6.61 Å². The molecule has 0 fully saturated rings. The maximum absolute atomic E-state index is 9.01. The molecule has 0 spiro atoms. The summed E-state index contributed by atoms with van der Waals surface area (Å²) in [6, 6.07) is 9.75. The highest BCUT2D eigenvalue weighted by atomic mass is 16.3. The van der Waals surface area contributed by atoms with Crippen LogP contribution in [0.5, 0.6) is 0 Å². The summed E-state index contributed by atoms with van der Waals surface area (Å²) in [5, 5.41) is 17.7. The second kappa shape index (κ2) is 7.83. The molecule has 1 aromatic carbocycles. The van der Waals surface area contributed by atoms with Gasteiger partial charge < -0.3 is 5.11 Å². The van der Waals surface area contributed by atoms with Crippen LogP contribution in [0.25, 0.3) is 0 Å². The van der Waals surface area contributed by atoms with Crippen molar-refractivity contribution in [2.45, 2.75) is 26.3 Å². The van der Waals surface area contributed by atoms with Crippen molar-refractivity contribution in [1.82, 2.24) is 4.90 Å². The van der Waals surface area contributed by atoms with Crippen LogP contribution in [0.15, 0.2) is 24.3 Å². The number of benzene rings is 1. The molecule has 0 heterocycles. The highest BCUT2D eigenvalue weighted by Crippen LogP contribution is 2.07. The second-order valence-corrected chi connectivity index (χ2v) is 4.16. The largest absolute Gasteiger partial charge is 0.395 e. The fourth-order valence-corrected chi connectivity index (χ4v) is 1.74. The van der Waals surface area contributed by atoms with E-state index in [1.165, 1.54) is 5.56 Å². The predicted octanol–water partition coefficient (Wildman–Crippen LogP) is 2.15. The monoisotopic (exact) mass is 232 g/mol. The summed E-state index contributed by atoms with van der Waals surface area (Å²) in [6.45, 7) is 4.92. The Morgan fingerprint density at radius 1 is 1.24 bits per heavy atom. The third-order valence-electron chi connectivity index (χ3n) is 2.73. The van der Waals surface area contributed by atoms with Crippen molar-refractivity contribution in [1.29, 1.82) is 5.26 Å². The minimum Gasteiger partial charge on any atom is -0.395 e. The average Bonchev–Trinajstić information content (AvgIpc) is 2.37. The summed E-state index contributed by atoms with van der Waals surface area (Å²) in [4.78, 5) is 2.24. The first kappa shape index (κ1) is 13.7. The van der Waals surface area contributed by atoms with Crippen LogP contribution in [0.4, 0.5) is 0 Å². The molecule has 0 radical (unpaired) electrons. The first-order valence-electron chi connectivity index (χ1n) is 6.12. The number of aliphatic hydroxyl groups excluding tert-OH is 1. The Balaban J connectivity index is 2.55. The van der Waals surface area contributed by atoms with Crippen molar-refractivity contribution in [3.63, 3.8) is 0 Å². The molecule has 17 heavy (non-hydrogen) atoms. The normalized spacial score (nSPS) is 10.5. The third kappa shape index (κ3) is 4.99. The molecule has 92 valence electrons. The highest BCUT2D eigenvalue weighted by molar-refractivity contribution is 5.31. The Kier molecular flexibility index (Phi) is 6.31. The zero-order valence-electron chi connectivity index (χ0n) is 10.4. The third-order valence-corrected chi connectivity index (χ3v) is 2.73. The molecule has 1 N–H and O–H groups in total. The van der Waals surface area contributed by atoms with Gasteiger partial charge in [0.1, 0.15) is 0 Å². The van der Waals surface area contributed by atoms with Crippen LogP contribution in [0, 0.1) is 11.3 Å². The Morgan fingerprint density at radius 3 is 2.47 bits per heavy atom. The first-order valence-corrected chi connectivity index (χ1v) is 6.12. The summed E-state index contributed by atoms with van der Waals surface area (Å²) in [7, 11) is 0. The fourth-order valence-electron chi connectivity index (χ4n) is 1.74. The van der Waals surface area contributed by atoms with Gasteiger partial charge in [0.2, 0.25) is 0 Å². The molecule has 1 aromatic rings. The Hall–Kier alpha value is -1.37. The second-order valence-electron chi connectivity index (χ2n) is 4.16. The smallest absolute Gasteiger partial charge is 0.0991 e. The Labute approximate surface area is 103 Å². The van der Waals surface area contributed by atoms with Crippen molar-refractivity contribution in [3.8, 4) is 6.07 Å². The van der Waals surface area contributed by atoms with Gasteiger partial charge in [0.15, 0.2) is 0 Å². The minimum atomic E-state index is 0.194. The molecular formula is C14H20N2O. The fraction of sp³-hybridized carbons (Fsp3) is 0.500. The molecule has 1 rings (SSSR count). The Morgan fingerprint density at radius 2 is 1.94 bits per heavy atom. The van der Waals surface area contributed by atoms with E-state index in [9.17, 15) is 0 Å². The summed E-state index contributed by atoms with van der Waals surface area (Å²) < 4.78 is 0. The quantitative estimate of drug-likeness (QED) is 0.783. The lowest BCUT2D eigenvalue weighted by Crippen LogP contribution is -2.27. The van der Waals surface area contributed by atoms with E-state index in [4.69, 9.17) is 10.4 Å². The lowest BCUT2D eigenvalue weighted by atomic mass is 10.1. The molecular weight excluding hydrogens is 212 g/mol. The minimum absolute atomic E-state index is 0.194. The number of aliphatic hydroxyl groups is 1. The molecule has 0 saturated carbocycles. The van der Waals surface area contributed by atoms with Gasteiger partial charge >= 0.3 is 0 Å². The SMILES string of the molecule is CCCCN(CCO)Cc1ccc(C#N)cc1. The van der Waals surface area contributed by atoms with E-state index in [0.29, 0.717) is 12.1 Å². The van der Waals surface area contributed by atoms with E-state index >= 15 is 0 Å². The van der Waals surface area contributed by atoms with Crippen molar-refractivity contribution in [2.24, 2.45) is 0 Å². The molecule has 0 saturated heterocycles. The number of hydrogen-bond acceptors (Lipinski definition) is 3. The maximum atomic E-state index is 9.01. The number of unbranched alkanes of at least 4 members (excludes halogenated alkanes) is 1. The van der Waals surface area contributed by atoms with Crippen LogP contribution >= 0.6 is 0 Å². The molecule has 0 bridgehead atoms. The van der Waals surface area contributed by atoms with Crippen LogP contribution in [-0.4, -0.2) is 29.7 Å². The van der Waals surface area contributed by atoms with E-state index in [2.05, 4.69) is 17.9 Å². The van der Waals surface area contributed by atoms with Crippen LogP contribution in [0.1, 0.15) is 30.9 Å². The molecule has 0 atom stereocenters. The van der Waals surface area contributed by atoms with Crippen LogP contribution in [0.3, 0.4) is 0 Å². The van der Waals surface area contributed by atoms with Gasteiger partial charge in [-0.3, -0.25) is 4.90 Å². The van der Waals surface area contributed by atoms with Gasteiger partial charge in [-0.15, -0.1) is 0 Å². The van der Waals surface area contributed by atoms with Crippen LogP contribution in [-0.2, 0) is 6.54 Å². The van der Waals surface area contributed by atoms with Crippen molar-refractivity contribution in [2.75, 3.05) is 19.7 Å². The molecule has 3 heteroatoms. The predicted molar refractivity (Wildman–Crippen MR) is 68.4 cm³/mol. The van der Waals surface area contributed by atoms with Crippen molar-refractivity contribution >= 4 is 0 Å².